The van der Waals surface area contributed by atoms with E-state index in [-0.39, 0.29) is 18.5 Å². The summed E-state index contributed by atoms with van der Waals surface area (Å²) in [5.41, 5.74) is 6.62. The molecule has 3 atom stereocenters. The molecular weight excluding hydrogens is 447 g/mol. The molecule has 10 heteroatoms. The summed E-state index contributed by atoms with van der Waals surface area (Å²) in [7, 11) is 1.64. The smallest absolute Gasteiger partial charge is 0.268 e. The molecule has 1 aliphatic carbocycles. The number of likely N-dealkylation sites (N-methyl/N-ethyl adjacent to an activating group) is 1. The van der Waals surface area contributed by atoms with Gasteiger partial charge in [-0.15, -0.1) is 11.3 Å². The zero-order chi connectivity index (χ0) is 21.6. The maximum Gasteiger partial charge on any atom is 0.268 e. The van der Waals surface area contributed by atoms with Crippen LogP contribution in [0.5, 0.6) is 0 Å². The van der Waals surface area contributed by atoms with Gasteiger partial charge in [-0.25, -0.2) is 0 Å². The Morgan fingerprint density at radius 3 is 2.83 bits per heavy atom. The molecule has 0 radical (unpaired) electrons. The first-order valence-corrected chi connectivity index (χ1v) is 11.0. The summed E-state index contributed by atoms with van der Waals surface area (Å²) in [5, 5.41) is 13.4. The van der Waals surface area contributed by atoms with E-state index in [1.54, 1.807) is 13.1 Å². The Hall–Kier alpha value is -2.10. The van der Waals surface area contributed by atoms with Gasteiger partial charge >= 0.3 is 0 Å². The van der Waals surface area contributed by atoms with Crippen LogP contribution in [0, 0.1) is 0 Å². The number of aromatic nitrogens is 1. The van der Waals surface area contributed by atoms with Crippen LogP contribution in [0.3, 0.4) is 0 Å². The van der Waals surface area contributed by atoms with E-state index < -0.39 is 18.1 Å². The van der Waals surface area contributed by atoms with E-state index in [0.29, 0.717) is 27.0 Å². The lowest BCUT2D eigenvalue weighted by molar-refractivity contribution is -0.380. The Bertz CT molecular complexity index is 1130. The summed E-state index contributed by atoms with van der Waals surface area (Å²) in [5.74, 6) is -0.722. The minimum atomic E-state index is -1.18. The number of thiophene rings is 1. The molecule has 0 aliphatic heterocycles. The number of nitrogens with one attached hydrogen (secondary N) is 2. The normalized spacial score (nSPS) is 19.0. The summed E-state index contributed by atoms with van der Waals surface area (Å²) in [6, 6.07) is 8.73. The number of quaternary nitrogens is 1. The van der Waals surface area contributed by atoms with Crippen molar-refractivity contribution in [2.75, 3.05) is 13.6 Å². The average Bonchev–Trinajstić information content (AvgIpc) is 3.39. The molecule has 158 valence electrons. The molecule has 6 N–H and O–H groups in total. The maximum absolute atomic E-state index is 13.0. The molecule has 2 heterocycles. The molecule has 0 saturated heterocycles. The van der Waals surface area contributed by atoms with Gasteiger partial charge in [0.25, 0.3) is 11.8 Å². The third-order valence-electron chi connectivity index (χ3n) is 5.45. The molecule has 30 heavy (non-hydrogen) atoms. The molecule has 1 aliphatic rings. The van der Waals surface area contributed by atoms with Gasteiger partial charge in [0.2, 0.25) is 0 Å². The topological polar surface area (TPSA) is 113 Å². The second-order valence-electron chi connectivity index (χ2n) is 7.29. The van der Waals surface area contributed by atoms with Gasteiger partial charge in [0, 0.05) is 7.05 Å². The number of carbonyl (C=O) groups excluding carboxylic acids is 2. The summed E-state index contributed by atoms with van der Waals surface area (Å²) in [6.45, 7) is 0.0805. The van der Waals surface area contributed by atoms with Crippen molar-refractivity contribution in [3.63, 3.8) is 0 Å². The highest BCUT2D eigenvalue weighted by Crippen LogP contribution is 2.39. The molecular formula is C20H21Cl2N4O3S+. The van der Waals surface area contributed by atoms with E-state index in [9.17, 15) is 14.7 Å². The second kappa shape index (κ2) is 8.20. The van der Waals surface area contributed by atoms with Crippen LogP contribution < -0.4 is 11.1 Å². The first-order valence-electron chi connectivity index (χ1n) is 9.41. The third-order valence-corrected chi connectivity index (χ3v) is 7.38. The Labute approximate surface area is 186 Å². The SMILES string of the molecule is CN(C(=O)C(O)C[NH3+])C1c2ccccc2CC1NC(=O)c1cc2sc(Cl)c(Cl)c2[nH]1. The number of fused-ring (bicyclic) bond motifs is 2. The minimum Gasteiger partial charge on any atom is -0.378 e. The molecule has 2 aromatic heterocycles. The number of carbonyl (C=O) groups is 2. The fourth-order valence-electron chi connectivity index (χ4n) is 3.97. The largest absolute Gasteiger partial charge is 0.378 e. The van der Waals surface area contributed by atoms with Crippen LogP contribution in [0.4, 0.5) is 0 Å². The zero-order valence-electron chi connectivity index (χ0n) is 16.1. The van der Waals surface area contributed by atoms with Gasteiger partial charge in [-0.3, -0.25) is 9.59 Å². The van der Waals surface area contributed by atoms with Crippen molar-refractivity contribution in [3.8, 4) is 0 Å². The van der Waals surface area contributed by atoms with Gasteiger partial charge in [0.15, 0.2) is 6.10 Å². The quantitative estimate of drug-likeness (QED) is 0.459. The van der Waals surface area contributed by atoms with Crippen molar-refractivity contribution < 1.29 is 20.4 Å². The Morgan fingerprint density at radius 1 is 1.40 bits per heavy atom. The first-order chi connectivity index (χ1) is 14.3. The van der Waals surface area contributed by atoms with Crippen LogP contribution in [-0.2, 0) is 11.2 Å². The van der Waals surface area contributed by atoms with Crippen LogP contribution in [0.2, 0.25) is 9.36 Å². The van der Waals surface area contributed by atoms with Gasteiger partial charge < -0.3 is 26.0 Å². The number of H-pyrrole nitrogens is 1. The minimum absolute atomic E-state index is 0.0805. The monoisotopic (exact) mass is 467 g/mol. The first kappa shape index (κ1) is 21.1. The number of aliphatic hydroxyl groups is 1. The Kier molecular flexibility index (Phi) is 5.78. The van der Waals surface area contributed by atoms with Crippen molar-refractivity contribution in [2.45, 2.75) is 24.6 Å². The van der Waals surface area contributed by atoms with E-state index in [2.05, 4.69) is 16.0 Å². The highest BCUT2D eigenvalue weighted by Gasteiger charge is 2.39. The van der Waals surface area contributed by atoms with Crippen molar-refractivity contribution in [1.29, 1.82) is 0 Å². The van der Waals surface area contributed by atoms with Crippen molar-refractivity contribution in [2.24, 2.45) is 0 Å². The number of rotatable bonds is 5. The molecule has 7 nitrogen and oxygen atoms in total. The Morgan fingerprint density at radius 2 is 2.13 bits per heavy atom. The number of halogens is 2. The summed E-state index contributed by atoms with van der Waals surface area (Å²) >= 11 is 13.5. The average molecular weight is 468 g/mol. The van der Waals surface area contributed by atoms with Gasteiger partial charge in [-0.2, -0.15) is 0 Å². The standard InChI is InChI=1S/C20H20Cl2N4O3S/c1-26(20(29)13(27)8-23)17-10-5-3-2-4-9(10)6-11(17)25-19(28)12-7-14-16(24-12)15(21)18(22)30-14/h2-5,7,11,13,17,24,27H,6,8,23H2,1H3,(H,25,28)/p+1. The number of benzene rings is 1. The summed E-state index contributed by atoms with van der Waals surface area (Å²) < 4.78 is 1.27. The molecule has 0 bridgehead atoms. The fraction of sp³-hybridized carbons (Fsp3) is 0.300. The van der Waals surface area contributed by atoms with Gasteiger partial charge in [0.1, 0.15) is 16.6 Å². The number of amides is 2. The van der Waals surface area contributed by atoms with Crippen LogP contribution >= 0.6 is 34.5 Å². The number of hydrogen-bond acceptors (Lipinski definition) is 4. The third kappa shape index (κ3) is 3.59. The van der Waals surface area contributed by atoms with Crippen molar-refractivity contribution in [1.82, 2.24) is 15.2 Å². The highest BCUT2D eigenvalue weighted by molar-refractivity contribution is 7.23. The van der Waals surface area contributed by atoms with E-state index in [1.807, 2.05) is 24.3 Å². The lowest BCUT2D eigenvalue weighted by Gasteiger charge is -2.31. The molecule has 3 unspecified atom stereocenters. The van der Waals surface area contributed by atoms with Gasteiger partial charge in [-0.05, 0) is 23.6 Å². The summed E-state index contributed by atoms with van der Waals surface area (Å²) in [6.07, 6.45) is -0.604. The predicted octanol–water partition coefficient (Wildman–Crippen LogP) is 1.99. The van der Waals surface area contributed by atoms with Crippen LogP contribution in [0.25, 0.3) is 10.2 Å². The Balaban J connectivity index is 1.61. The second-order valence-corrected chi connectivity index (χ2v) is 9.33. The fourth-order valence-corrected chi connectivity index (χ4v) is 5.45. The van der Waals surface area contributed by atoms with Crippen LogP contribution in [0.1, 0.15) is 27.7 Å². The highest BCUT2D eigenvalue weighted by atomic mass is 35.5. The predicted molar refractivity (Wildman–Crippen MR) is 117 cm³/mol. The molecule has 1 aromatic carbocycles. The van der Waals surface area contributed by atoms with E-state index in [0.717, 1.165) is 15.8 Å². The molecule has 0 spiro atoms. The maximum atomic E-state index is 13.0. The lowest BCUT2D eigenvalue weighted by Crippen LogP contribution is -2.60. The molecule has 3 aromatic rings. The zero-order valence-corrected chi connectivity index (χ0v) is 18.4. The molecule has 4 rings (SSSR count). The lowest BCUT2D eigenvalue weighted by atomic mass is 10.0. The van der Waals surface area contributed by atoms with Crippen molar-refractivity contribution >= 4 is 56.6 Å². The summed E-state index contributed by atoms with van der Waals surface area (Å²) in [4.78, 5) is 30.1. The van der Waals surface area contributed by atoms with Gasteiger partial charge in [-0.1, -0.05) is 47.5 Å². The van der Waals surface area contributed by atoms with Gasteiger partial charge in [0.05, 0.1) is 27.3 Å². The van der Waals surface area contributed by atoms with E-state index >= 15 is 0 Å². The molecule has 0 fully saturated rings. The molecule has 0 saturated carbocycles. The van der Waals surface area contributed by atoms with E-state index in [1.165, 1.54) is 16.2 Å². The number of nitrogens with zero attached hydrogens (tertiary/aromatic N) is 1. The number of hydrogen-bond donors (Lipinski definition) is 4. The van der Waals surface area contributed by atoms with Crippen LogP contribution in [-0.4, -0.2) is 52.5 Å². The molecule has 2 amide bonds. The van der Waals surface area contributed by atoms with E-state index in [4.69, 9.17) is 23.2 Å². The number of aromatic amines is 1. The number of aliphatic hydroxyl groups excluding tert-OH is 1. The van der Waals surface area contributed by atoms with Crippen LogP contribution in [0.15, 0.2) is 30.3 Å². The van der Waals surface area contributed by atoms with Crippen molar-refractivity contribution in [3.05, 3.63) is 56.5 Å².